The lowest BCUT2D eigenvalue weighted by atomic mass is 9.86. The summed E-state index contributed by atoms with van der Waals surface area (Å²) in [4.78, 5) is 23.1. The van der Waals surface area contributed by atoms with Crippen LogP contribution in [0.1, 0.15) is 31.1 Å². The van der Waals surface area contributed by atoms with E-state index in [4.69, 9.17) is 5.11 Å². The van der Waals surface area contributed by atoms with Crippen molar-refractivity contribution in [1.29, 1.82) is 0 Å². The quantitative estimate of drug-likeness (QED) is 0.894. The molecule has 2 N–H and O–H groups in total. The molecule has 1 rings (SSSR count). The summed E-state index contributed by atoms with van der Waals surface area (Å²) in [6.45, 7) is 5.05. The Hall–Kier alpha value is -1.43. The number of carboxylic acids is 1. The number of benzene rings is 1. The predicted molar refractivity (Wildman–Crippen MR) is 72.4 cm³/mol. The molecule has 1 atom stereocenters. The molecule has 6 heteroatoms. The Labute approximate surface area is 119 Å². The fourth-order valence-corrected chi connectivity index (χ4v) is 1.90. The van der Waals surface area contributed by atoms with Crippen LogP contribution >= 0.6 is 15.9 Å². The van der Waals surface area contributed by atoms with Crippen molar-refractivity contribution in [2.45, 2.75) is 26.8 Å². The number of halogens is 2. The minimum Gasteiger partial charge on any atom is -0.480 e. The first kappa shape index (κ1) is 15.6. The maximum Gasteiger partial charge on any atom is 0.326 e. The zero-order chi connectivity index (χ0) is 14.8. The summed E-state index contributed by atoms with van der Waals surface area (Å²) in [5.74, 6) is -2.62. The molecule has 0 aliphatic rings. The second-order valence-corrected chi connectivity index (χ2v) is 6.07. The maximum atomic E-state index is 13.7. The predicted octanol–water partition coefficient (Wildman–Crippen LogP) is 2.82. The number of rotatable bonds is 3. The van der Waals surface area contributed by atoms with Crippen LogP contribution in [-0.4, -0.2) is 23.0 Å². The lowest BCUT2D eigenvalue weighted by Crippen LogP contribution is -2.49. The van der Waals surface area contributed by atoms with E-state index in [1.165, 1.54) is 18.2 Å². The van der Waals surface area contributed by atoms with Crippen molar-refractivity contribution in [2.24, 2.45) is 5.41 Å². The van der Waals surface area contributed by atoms with Gasteiger partial charge in [0, 0.05) is 0 Å². The van der Waals surface area contributed by atoms with Crippen LogP contribution in [0, 0.1) is 11.2 Å². The van der Waals surface area contributed by atoms with Gasteiger partial charge in [0.05, 0.1) is 10.0 Å². The molecule has 0 bridgehead atoms. The van der Waals surface area contributed by atoms with E-state index in [0.717, 1.165) is 0 Å². The molecule has 0 heterocycles. The molecular formula is C13H15BrFNO3. The normalized spacial score (nSPS) is 12.9. The van der Waals surface area contributed by atoms with E-state index in [-0.39, 0.29) is 10.0 Å². The molecule has 0 spiro atoms. The largest absolute Gasteiger partial charge is 0.480 e. The van der Waals surface area contributed by atoms with E-state index < -0.39 is 29.2 Å². The Balaban J connectivity index is 3.02. The standard InChI is InChI=1S/C13H15BrFNO3/c1-13(2,3)10(12(18)19)16-11(17)7-5-4-6-8(14)9(7)15/h4-6,10H,1-3H3,(H,16,17)(H,18,19). The number of amides is 1. The molecule has 0 saturated heterocycles. The van der Waals surface area contributed by atoms with Crippen molar-refractivity contribution in [1.82, 2.24) is 5.32 Å². The molecule has 0 aliphatic carbocycles. The van der Waals surface area contributed by atoms with Crippen LogP contribution in [-0.2, 0) is 4.79 Å². The summed E-state index contributed by atoms with van der Waals surface area (Å²) in [6.07, 6.45) is 0. The fraction of sp³-hybridized carbons (Fsp3) is 0.385. The molecule has 19 heavy (non-hydrogen) atoms. The Kier molecular flexibility index (Phi) is 4.68. The van der Waals surface area contributed by atoms with Crippen LogP contribution in [0.4, 0.5) is 4.39 Å². The van der Waals surface area contributed by atoms with Crippen molar-refractivity contribution >= 4 is 27.8 Å². The first-order valence-electron chi connectivity index (χ1n) is 5.62. The molecule has 0 radical (unpaired) electrons. The Morgan fingerprint density at radius 3 is 2.42 bits per heavy atom. The number of nitrogens with one attached hydrogen (secondary N) is 1. The molecule has 1 unspecified atom stereocenters. The molecule has 4 nitrogen and oxygen atoms in total. The van der Waals surface area contributed by atoms with Gasteiger partial charge in [-0.05, 0) is 33.5 Å². The zero-order valence-electron chi connectivity index (χ0n) is 10.8. The van der Waals surface area contributed by atoms with Gasteiger partial charge in [-0.25, -0.2) is 9.18 Å². The highest BCUT2D eigenvalue weighted by atomic mass is 79.9. The highest BCUT2D eigenvalue weighted by Gasteiger charge is 2.33. The number of hydrogen-bond acceptors (Lipinski definition) is 2. The van der Waals surface area contributed by atoms with Crippen molar-refractivity contribution < 1.29 is 19.1 Å². The summed E-state index contributed by atoms with van der Waals surface area (Å²) in [5, 5.41) is 11.5. The smallest absolute Gasteiger partial charge is 0.326 e. The van der Waals surface area contributed by atoms with Gasteiger partial charge in [-0.2, -0.15) is 0 Å². The summed E-state index contributed by atoms with van der Waals surface area (Å²) in [6, 6.07) is 3.18. The minimum absolute atomic E-state index is 0.155. The number of carboxylic acid groups (broad SMARTS) is 1. The van der Waals surface area contributed by atoms with E-state index in [2.05, 4.69) is 21.2 Å². The third-order valence-electron chi connectivity index (χ3n) is 2.58. The fourth-order valence-electron chi connectivity index (χ4n) is 1.54. The summed E-state index contributed by atoms with van der Waals surface area (Å²) < 4.78 is 13.9. The SMILES string of the molecule is CC(C)(C)C(NC(=O)c1cccc(Br)c1F)C(=O)O. The topological polar surface area (TPSA) is 66.4 Å². The van der Waals surface area contributed by atoms with E-state index >= 15 is 0 Å². The van der Waals surface area contributed by atoms with Gasteiger partial charge in [-0.3, -0.25) is 4.79 Å². The van der Waals surface area contributed by atoms with Crippen LogP contribution in [0.5, 0.6) is 0 Å². The van der Waals surface area contributed by atoms with Gasteiger partial charge in [0.15, 0.2) is 0 Å². The lowest BCUT2D eigenvalue weighted by Gasteiger charge is -2.27. The number of carbonyl (C=O) groups excluding carboxylic acids is 1. The van der Waals surface area contributed by atoms with Gasteiger partial charge in [-0.1, -0.05) is 26.8 Å². The Morgan fingerprint density at radius 1 is 1.37 bits per heavy atom. The Bertz CT molecular complexity index is 511. The van der Waals surface area contributed by atoms with Gasteiger partial charge in [-0.15, -0.1) is 0 Å². The van der Waals surface area contributed by atoms with E-state index in [9.17, 15) is 14.0 Å². The van der Waals surface area contributed by atoms with Crippen LogP contribution in [0.15, 0.2) is 22.7 Å². The van der Waals surface area contributed by atoms with Gasteiger partial charge in [0.25, 0.3) is 5.91 Å². The molecule has 0 aliphatic heterocycles. The summed E-state index contributed by atoms with van der Waals surface area (Å²) in [5.41, 5.74) is -0.867. The molecule has 0 aromatic heterocycles. The monoisotopic (exact) mass is 331 g/mol. The lowest BCUT2D eigenvalue weighted by molar-refractivity contribution is -0.142. The van der Waals surface area contributed by atoms with Crippen molar-refractivity contribution in [2.75, 3.05) is 0 Å². The third kappa shape index (κ3) is 3.76. The number of hydrogen-bond donors (Lipinski definition) is 2. The van der Waals surface area contributed by atoms with Crippen LogP contribution in [0.25, 0.3) is 0 Å². The first-order chi connectivity index (χ1) is 8.64. The average Bonchev–Trinajstić information content (AvgIpc) is 2.27. The number of aliphatic carboxylic acids is 1. The average molecular weight is 332 g/mol. The van der Waals surface area contributed by atoms with E-state index in [0.29, 0.717) is 0 Å². The van der Waals surface area contributed by atoms with Crippen molar-refractivity contribution in [3.05, 3.63) is 34.1 Å². The molecule has 1 aromatic rings. The zero-order valence-corrected chi connectivity index (χ0v) is 12.4. The van der Waals surface area contributed by atoms with Crippen LogP contribution in [0.3, 0.4) is 0 Å². The second-order valence-electron chi connectivity index (χ2n) is 5.21. The highest BCUT2D eigenvalue weighted by molar-refractivity contribution is 9.10. The van der Waals surface area contributed by atoms with Crippen LogP contribution < -0.4 is 5.32 Å². The number of carbonyl (C=O) groups is 2. The highest BCUT2D eigenvalue weighted by Crippen LogP contribution is 2.22. The third-order valence-corrected chi connectivity index (χ3v) is 3.20. The first-order valence-corrected chi connectivity index (χ1v) is 6.41. The van der Waals surface area contributed by atoms with Crippen molar-refractivity contribution in [3.63, 3.8) is 0 Å². The molecule has 1 amide bonds. The molecule has 0 saturated carbocycles. The summed E-state index contributed by atoms with van der Waals surface area (Å²) >= 11 is 2.98. The van der Waals surface area contributed by atoms with Gasteiger partial charge < -0.3 is 10.4 Å². The van der Waals surface area contributed by atoms with E-state index in [1.807, 2.05) is 0 Å². The van der Waals surface area contributed by atoms with Gasteiger partial charge in [0.1, 0.15) is 11.9 Å². The van der Waals surface area contributed by atoms with Gasteiger partial charge >= 0.3 is 5.97 Å². The minimum atomic E-state index is -1.16. The molecular weight excluding hydrogens is 317 g/mol. The Morgan fingerprint density at radius 2 is 1.95 bits per heavy atom. The van der Waals surface area contributed by atoms with Crippen molar-refractivity contribution in [3.8, 4) is 0 Å². The van der Waals surface area contributed by atoms with Gasteiger partial charge in [0.2, 0.25) is 0 Å². The molecule has 0 fully saturated rings. The second kappa shape index (κ2) is 5.69. The summed E-state index contributed by atoms with van der Waals surface area (Å²) in [7, 11) is 0. The maximum absolute atomic E-state index is 13.7. The molecule has 1 aromatic carbocycles. The molecule has 104 valence electrons. The van der Waals surface area contributed by atoms with Crippen LogP contribution in [0.2, 0.25) is 0 Å². The van der Waals surface area contributed by atoms with E-state index in [1.54, 1.807) is 20.8 Å².